The average Bonchev–Trinajstić information content (AvgIpc) is 2.82. The fraction of sp³-hybridized carbons (Fsp3) is 0.360. The Morgan fingerprint density at radius 3 is 2.48 bits per heavy atom. The molecule has 3 aromatic rings. The quantitative estimate of drug-likeness (QED) is 0.498. The molecule has 0 bridgehead atoms. The minimum absolute atomic E-state index is 0.0411. The lowest BCUT2D eigenvalue weighted by Crippen LogP contribution is -2.47. The maximum atomic E-state index is 13.3. The molecule has 1 amide bonds. The zero-order chi connectivity index (χ0) is 23.3. The molecular formula is C25H27F3N4O. The van der Waals surface area contributed by atoms with Gasteiger partial charge in [-0.15, -0.1) is 0 Å². The summed E-state index contributed by atoms with van der Waals surface area (Å²) in [5, 5.41) is 3.88. The Kier molecular flexibility index (Phi) is 7.13. The predicted octanol–water partition coefficient (Wildman–Crippen LogP) is 5.18. The van der Waals surface area contributed by atoms with E-state index in [1.807, 2.05) is 35.2 Å². The number of halogens is 3. The van der Waals surface area contributed by atoms with E-state index < -0.39 is 11.7 Å². The second-order valence-electron chi connectivity index (χ2n) is 8.27. The number of hydrogen-bond donors (Lipinski definition) is 1. The Morgan fingerprint density at radius 2 is 1.70 bits per heavy atom. The van der Waals surface area contributed by atoms with Gasteiger partial charge in [-0.3, -0.25) is 14.7 Å². The molecule has 8 heteroatoms. The highest BCUT2D eigenvalue weighted by Gasteiger charge is 2.35. The molecule has 33 heavy (non-hydrogen) atoms. The molecule has 1 N–H and O–H groups in total. The summed E-state index contributed by atoms with van der Waals surface area (Å²) in [6.45, 7) is 3.37. The van der Waals surface area contributed by atoms with Crippen molar-refractivity contribution in [2.75, 3.05) is 42.9 Å². The number of hydrogen-bond acceptors (Lipinski definition) is 4. The molecule has 5 nitrogen and oxygen atoms in total. The Hall–Kier alpha value is -3.13. The largest absolute Gasteiger partial charge is 0.418 e. The molecule has 1 fully saturated rings. The van der Waals surface area contributed by atoms with Crippen LogP contribution in [0.25, 0.3) is 10.9 Å². The van der Waals surface area contributed by atoms with Crippen LogP contribution >= 0.6 is 0 Å². The summed E-state index contributed by atoms with van der Waals surface area (Å²) >= 11 is 0. The molecule has 0 spiro atoms. The van der Waals surface area contributed by atoms with E-state index in [1.165, 1.54) is 6.07 Å². The number of carbonyl (C=O) groups excluding carboxylic acids is 1. The molecule has 0 radical (unpaired) electrons. The van der Waals surface area contributed by atoms with Crippen LogP contribution in [0.3, 0.4) is 0 Å². The number of aromatic nitrogens is 1. The summed E-state index contributed by atoms with van der Waals surface area (Å²) in [7, 11) is 0. The summed E-state index contributed by atoms with van der Waals surface area (Å²) in [5.41, 5.74) is 1.25. The second kappa shape index (κ2) is 10.2. The minimum Gasteiger partial charge on any atom is -0.368 e. The predicted molar refractivity (Wildman–Crippen MR) is 124 cm³/mol. The van der Waals surface area contributed by atoms with Gasteiger partial charge < -0.3 is 10.2 Å². The summed E-state index contributed by atoms with van der Waals surface area (Å²) in [4.78, 5) is 20.7. The number of piperazine rings is 1. The Labute approximate surface area is 191 Å². The number of rotatable bonds is 7. The first-order chi connectivity index (χ1) is 15.9. The Bertz CT molecular complexity index is 1090. The summed E-state index contributed by atoms with van der Waals surface area (Å²) in [6.07, 6.45) is -0.647. The summed E-state index contributed by atoms with van der Waals surface area (Å²) in [6, 6.07) is 15.4. The molecule has 1 saturated heterocycles. The number of nitrogens with zero attached hydrogens (tertiary/aromatic N) is 3. The first-order valence-electron chi connectivity index (χ1n) is 11.2. The van der Waals surface area contributed by atoms with E-state index in [1.54, 1.807) is 18.3 Å². The summed E-state index contributed by atoms with van der Waals surface area (Å²) in [5.74, 6) is -0.0411. The van der Waals surface area contributed by atoms with Crippen LogP contribution in [-0.4, -0.2) is 48.5 Å². The van der Waals surface area contributed by atoms with Gasteiger partial charge in [0.25, 0.3) is 0 Å². The van der Waals surface area contributed by atoms with Gasteiger partial charge in [-0.05, 0) is 43.7 Å². The smallest absolute Gasteiger partial charge is 0.368 e. The van der Waals surface area contributed by atoms with Gasteiger partial charge in [-0.1, -0.05) is 30.3 Å². The maximum Gasteiger partial charge on any atom is 0.418 e. The van der Waals surface area contributed by atoms with Gasteiger partial charge >= 0.3 is 6.18 Å². The number of unbranched alkanes of at least 4 members (excludes halogenated alkanes) is 1. The molecule has 1 aliphatic rings. The van der Waals surface area contributed by atoms with E-state index in [2.05, 4.69) is 15.2 Å². The van der Waals surface area contributed by atoms with Crippen LogP contribution < -0.4 is 10.2 Å². The van der Waals surface area contributed by atoms with Crippen LogP contribution in [0.5, 0.6) is 0 Å². The monoisotopic (exact) mass is 456 g/mol. The fourth-order valence-corrected chi connectivity index (χ4v) is 4.19. The highest BCUT2D eigenvalue weighted by molar-refractivity contribution is 5.93. The van der Waals surface area contributed by atoms with Crippen LogP contribution in [0.15, 0.2) is 60.8 Å². The zero-order valence-corrected chi connectivity index (χ0v) is 18.3. The highest BCUT2D eigenvalue weighted by Crippen LogP contribution is 2.36. The number of alkyl halides is 3. The van der Waals surface area contributed by atoms with Crippen molar-refractivity contribution in [3.63, 3.8) is 0 Å². The number of amides is 1. The molecular weight excluding hydrogens is 429 g/mol. The van der Waals surface area contributed by atoms with Gasteiger partial charge in [0.1, 0.15) is 0 Å². The average molecular weight is 457 g/mol. The standard InChI is InChI=1S/C25H27F3N4O/c26-25(27,28)21-8-2-4-10-23(21)32-15-13-31(14-16-32)12-6-5-11-24(33)30-20-17-19-7-1-3-9-22(19)29-18-20/h1-4,7-10,17-18H,5-6,11-16H2,(H,30,33). The van der Waals surface area contributed by atoms with Crippen LogP contribution in [0.4, 0.5) is 24.5 Å². The van der Waals surface area contributed by atoms with E-state index in [4.69, 9.17) is 0 Å². The number of carbonyl (C=O) groups is 1. The van der Waals surface area contributed by atoms with Crippen molar-refractivity contribution in [1.82, 2.24) is 9.88 Å². The van der Waals surface area contributed by atoms with Crippen LogP contribution in [-0.2, 0) is 11.0 Å². The van der Waals surface area contributed by atoms with Crippen LogP contribution in [0, 0.1) is 0 Å². The van der Waals surface area contributed by atoms with Crippen molar-refractivity contribution in [1.29, 1.82) is 0 Å². The molecule has 2 aromatic carbocycles. The number of nitrogens with one attached hydrogen (secondary N) is 1. The molecule has 1 aliphatic heterocycles. The Balaban J connectivity index is 1.18. The van der Waals surface area contributed by atoms with Crippen molar-refractivity contribution >= 4 is 28.2 Å². The lowest BCUT2D eigenvalue weighted by molar-refractivity contribution is -0.137. The lowest BCUT2D eigenvalue weighted by Gasteiger charge is -2.37. The topological polar surface area (TPSA) is 48.5 Å². The normalized spacial score (nSPS) is 15.1. The molecule has 2 heterocycles. The van der Waals surface area contributed by atoms with Gasteiger partial charge in [0, 0.05) is 43.7 Å². The lowest BCUT2D eigenvalue weighted by atomic mass is 10.1. The van der Waals surface area contributed by atoms with Gasteiger partial charge in [0.05, 0.1) is 23.0 Å². The number of pyridine rings is 1. The molecule has 174 valence electrons. The third-order valence-electron chi connectivity index (χ3n) is 5.92. The van der Waals surface area contributed by atoms with Gasteiger partial charge in [-0.2, -0.15) is 13.2 Å². The van der Waals surface area contributed by atoms with E-state index in [9.17, 15) is 18.0 Å². The second-order valence-corrected chi connectivity index (χ2v) is 8.27. The Morgan fingerprint density at radius 1 is 0.970 bits per heavy atom. The van der Waals surface area contributed by atoms with Crippen molar-refractivity contribution in [2.45, 2.75) is 25.4 Å². The molecule has 0 aliphatic carbocycles. The first kappa shape index (κ1) is 23.0. The summed E-state index contributed by atoms with van der Waals surface area (Å²) < 4.78 is 39.9. The number of anilines is 2. The fourth-order valence-electron chi connectivity index (χ4n) is 4.19. The number of benzene rings is 2. The van der Waals surface area contributed by atoms with Crippen LogP contribution in [0.1, 0.15) is 24.8 Å². The molecule has 0 atom stereocenters. The maximum absolute atomic E-state index is 13.3. The van der Waals surface area contributed by atoms with E-state index in [0.29, 0.717) is 38.3 Å². The van der Waals surface area contributed by atoms with Crippen molar-refractivity contribution in [2.24, 2.45) is 0 Å². The van der Waals surface area contributed by atoms with Crippen molar-refractivity contribution in [3.8, 4) is 0 Å². The highest BCUT2D eigenvalue weighted by atomic mass is 19.4. The SMILES string of the molecule is O=C(CCCCN1CCN(c2ccccc2C(F)(F)F)CC1)Nc1cnc2ccccc2c1. The minimum atomic E-state index is -4.35. The zero-order valence-electron chi connectivity index (χ0n) is 18.3. The number of para-hydroxylation sites is 2. The van der Waals surface area contributed by atoms with Gasteiger partial charge in [-0.25, -0.2) is 0 Å². The number of fused-ring (bicyclic) bond motifs is 1. The van der Waals surface area contributed by atoms with E-state index >= 15 is 0 Å². The van der Waals surface area contributed by atoms with E-state index in [-0.39, 0.29) is 11.6 Å². The molecule has 1 aromatic heterocycles. The third-order valence-corrected chi connectivity index (χ3v) is 5.92. The third kappa shape index (κ3) is 6.01. The van der Waals surface area contributed by atoms with E-state index in [0.717, 1.165) is 36.4 Å². The molecule has 0 unspecified atom stereocenters. The van der Waals surface area contributed by atoms with Crippen LogP contribution in [0.2, 0.25) is 0 Å². The molecule has 0 saturated carbocycles. The van der Waals surface area contributed by atoms with Gasteiger partial charge in [0.15, 0.2) is 0 Å². The van der Waals surface area contributed by atoms with Crippen molar-refractivity contribution < 1.29 is 18.0 Å². The molecule has 4 rings (SSSR count). The first-order valence-corrected chi connectivity index (χ1v) is 11.2. The van der Waals surface area contributed by atoms with Gasteiger partial charge in [0.2, 0.25) is 5.91 Å². The van der Waals surface area contributed by atoms with Crippen molar-refractivity contribution in [3.05, 3.63) is 66.4 Å².